The molecule has 0 amide bonds. The molecule has 0 fully saturated rings. The van der Waals surface area contributed by atoms with E-state index in [4.69, 9.17) is 4.98 Å². The summed E-state index contributed by atoms with van der Waals surface area (Å²) in [5.41, 5.74) is 7.11. The van der Waals surface area contributed by atoms with Crippen molar-refractivity contribution in [1.29, 1.82) is 0 Å². The number of aromatic nitrogens is 2. The average molecular weight is 877 g/mol. The number of benzene rings is 4. The van der Waals surface area contributed by atoms with Crippen LogP contribution in [-0.2, 0) is 47.1 Å². The van der Waals surface area contributed by atoms with Gasteiger partial charge in [0.2, 0.25) is 0 Å². The van der Waals surface area contributed by atoms with Crippen molar-refractivity contribution in [1.82, 2.24) is 9.55 Å². The fraction of sp³-hybridized carbons (Fsp3) is 0.302. The number of sulfone groups is 1. The van der Waals surface area contributed by atoms with Crippen LogP contribution in [-0.4, -0.2) is 25.0 Å². The zero-order valence-electron chi connectivity index (χ0n) is 31.0. The second-order valence-electron chi connectivity index (χ2n) is 16.5. The molecule has 1 aliphatic heterocycles. The fourth-order valence-corrected chi connectivity index (χ4v) is 7.84. The first-order valence-electron chi connectivity index (χ1n) is 17.1. The number of hydrogen-bond acceptors (Lipinski definition) is 5. The molecule has 0 saturated carbocycles. The summed E-state index contributed by atoms with van der Waals surface area (Å²) >= 11 is 0. The first-order valence-corrected chi connectivity index (χ1v) is 18.6. The molecule has 0 atom stereocenters. The van der Waals surface area contributed by atoms with Crippen LogP contribution >= 0.6 is 0 Å². The van der Waals surface area contributed by atoms with Gasteiger partial charge in [-0.25, -0.2) is 13.4 Å². The second-order valence-corrected chi connectivity index (χ2v) is 18.4. The number of rotatable bonds is 4. The third-order valence-corrected chi connectivity index (χ3v) is 11.3. The van der Waals surface area contributed by atoms with Gasteiger partial charge in [-0.2, -0.15) is 18.8 Å². The first kappa shape index (κ1) is 36.8. The zero-order chi connectivity index (χ0) is 36.0. The summed E-state index contributed by atoms with van der Waals surface area (Å²) in [7, 11) is -2.04. The summed E-state index contributed by atoms with van der Waals surface area (Å²) in [5.74, 6) is 0.722. The van der Waals surface area contributed by atoms with Crippen LogP contribution in [0.4, 0.5) is 17.1 Å². The van der Waals surface area contributed by atoms with E-state index in [1.54, 1.807) is 12.1 Å². The molecule has 3 heterocycles. The molecule has 4 aromatic carbocycles. The molecular formula is C43H45N4O2PtS-3. The predicted molar refractivity (Wildman–Crippen MR) is 206 cm³/mol. The summed E-state index contributed by atoms with van der Waals surface area (Å²) in [6, 6.07) is 32.8. The number of fused-ring (bicyclic) bond motifs is 4. The van der Waals surface area contributed by atoms with Crippen molar-refractivity contribution in [2.24, 2.45) is 0 Å². The minimum absolute atomic E-state index is 0. The van der Waals surface area contributed by atoms with Crippen molar-refractivity contribution in [3.05, 3.63) is 121 Å². The average Bonchev–Trinajstić information content (AvgIpc) is 3.57. The maximum Gasteiger partial charge on any atom is 0.160 e. The Hall–Kier alpha value is -3.93. The van der Waals surface area contributed by atoms with Gasteiger partial charge in [-0.3, -0.25) is 0 Å². The maximum absolute atomic E-state index is 14.7. The number of pyridine rings is 1. The van der Waals surface area contributed by atoms with E-state index in [0.717, 1.165) is 44.6 Å². The van der Waals surface area contributed by atoms with Crippen molar-refractivity contribution >= 4 is 48.7 Å². The van der Waals surface area contributed by atoms with Gasteiger partial charge in [0.1, 0.15) is 5.82 Å². The molecule has 0 spiro atoms. The van der Waals surface area contributed by atoms with Gasteiger partial charge in [0, 0.05) is 44.2 Å². The molecule has 2 aromatic heterocycles. The summed E-state index contributed by atoms with van der Waals surface area (Å²) in [6.07, 6.45) is 1.82. The normalized spacial score (nSPS) is 13.9. The predicted octanol–water partition coefficient (Wildman–Crippen LogP) is 10.2. The molecule has 0 unspecified atom stereocenters. The van der Waals surface area contributed by atoms with Crippen molar-refractivity contribution in [3.63, 3.8) is 0 Å². The molecule has 7 rings (SSSR count). The van der Waals surface area contributed by atoms with E-state index in [-0.39, 0.29) is 47.1 Å². The number of hydrogen-bond donors (Lipinski definition) is 0. The SMILES string of the molecule is CN1[CH-]N(c2[c-]c(S(=O)(=O)c3[c-]c4c(cc3)c3ccccc3n4-c3cc(C(C)(C)C)ccn3)cc(C(C)(C)C)c2)c2cc(C(C)(C)C)ccc21.[Pt]. The van der Waals surface area contributed by atoms with Gasteiger partial charge >= 0.3 is 0 Å². The van der Waals surface area contributed by atoms with E-state index in [0.29, 0.717) is 11.2 Å². The van der Waals surface area contributed by atoms with Crippen molar-refractivity contribution in [2.75, 3.05) is 16.8 Å². The van der Waals surface area contributed by atoms with Crippen molar-refractivity contribution in [3.8, 4) is 5.82 Å². The van der Waals surface area contributed by atoms with E-state index in [1.807, 2.05) is 54.8 Å². The van der Waals surface area contributed by atoms with Gasteiger partial charge in [0.15, 0.2) is 9.84 Å². The Morgan fingerprint density at radius 1 is 0.667 bits per heavy atom. The standard InChI is InChI=1S/C43H45N4O2S.Pt/c1-41(2,3)28-15-18-37-39(23-28)46(27-45(37)10)31-21-30(43(7,8)9)22-33(25-31)50(48,49)32-16-17-35-34-13-11-12-14-36(34)47(38(35)26-32)40-24-29(19-20-44-40)42(4,5)6;/h11-24,27H,1-10H3;/q-3;. The topological polar surface area (TPSA) is 58.4 Å². The molecule has 268 valence electrons. The monoisotopic (exact) mass is 876 g/mol. The van der Waals surface area contributed by atoms with Crippen molar-refractivity contribution in [2.45, 2.75) is 88.3 Å². The molecule has 0 N–H and O–H groups in total. The maximum atomic E-state index is 14.7. The zero-order valence-corrected chi connectivity index (χ0v) is 34.1. The van der Waals surface area contributed by atoms with Crippen LogP contribution in [0.15, 0.2) is 94.9 Å². The largest absolute Gasteiger partial charge is 0.504 e. The summed E-state index contributed by atoms with van der Waals surface area (Å²) in [5, 5.41) is 1.92. The van der Waals surface area contributed by atoms with Crippen LogP contribution in [0.2, 0.25) is 0 Å². The number of nitrogens with zero attached hydrogens (tertiary/aromatic N) is 4. The van der Waals surface area contributed by atoms with Crippen molar-refractivity contribution < 1.29 is 29.5 Å². The molecule has 6 aromatic rings. The molecule has 8 heteroatoms. The third kappa shape index (κ3) is 6.53. The molecule has 0 aliphatic carbocycles. The van der Waals surface area contributed by atoms with E-state index in [2.05, 4.69) is 121 Å². The molecular weight excluding hydrogens is 832 g/mol. The van der Waals surface area contributed by atoms with E-state index >= 15 is 0 Å². The molecule has 0 bridgehead atoms. The van der Waals surface area contributed by atoms with Gasteiger partial charge < -0.3 is 14.4 Å². The van der Waals surface area contributed by atoms with Gasteiger partial charge in [0.05, 0.1) is 0 Å². The van der Waals surface area contributed by atoms with Gasteiger partial charge in [-0.1, -0.05) is 92.1 Å². The van der Waals surface area contributed by atoms with Crippen LogP contribution in [0.5, 0.6) is 0 Å². The Kier molecular flexibility index (Phi) is 9.13. The molecule has 51 heavy (non-hydrogen) atoms. The molecule has 0 radical (unpaired) electrons. The summed E-state index contributed by atoms with van der Waals surface area (Å²) in [4.78, 5) is 9.08. The van der Waals surface area contributed by atoms with Gasteiger partial charge in [0.25, 0.3) is 0 Å². The van der Waals surface area contributed by atoms with E-state index < -0.39 is 9.84 Å². The van der Waals surface area contributed by atoms with Gasteiger partial charge in [-0.15, -0.1) is 40.9 Å². The first-order chi connectivity index (χ1) is 23.3. The smallest absolute Gasteiger partial charge is 0.160 e. The van der Waals surface area contributed by atoms with Gasteiger partial charge in [-0.05, 0) is 79.9 Å². The third-order valence-electron chi connectivity index (χ3n) is 9.70. The summed E-state index contributed by atoms with van der Waals surface area (Å²) in [6.45, 7) is 21.4. The fourth-order valence-electron chi connectivity index (χ4n) is 6.60. The molecule has 0 saturated heterocycles. The quantitative estimate of drug-likeness (QED) is 0.165. The molecule has 6 nitrogen and oxygen atoms in total. The Balaban J connectivity index is 0.00000448. The van der Waals surface area contributed by atoms with Crippen LogP contribution in [0.1, 0.15) is 79.0 Å². The van der Waals surface area contributed by atoms with Crippen LogP contribution < -0.4 is 9.80 Å². The minimum atomic E-state index is -4.05. The van der Waals surface area contributed by atoms with E-state index in [9.17, 15) is 8.42 Å². The van der Waals surface area contributed by atoms with Crippen LogP contribution in [0.25, 0.3) is 27.6 Å². The number of anilines is 3. The summed E-state index contributed by atoms with van der Waals surface area (Å²) < 4.78 is 31.5. The Labute approximate surface area is 317 Å². The Bertz CT molecular complexity index is 2410. The number of para-hydroxylation sites is 1. The molecule has 1 aliphatic rings. The Morgan fingerprint density at radius 3 is 2.02 bits per heavy atom. The van der Waals surface area contributed by atoms with E-state index in [1.165, 1.54) is 5.56 Å². The minimum Gasteiger partial charge on any atom is -0.504 e. The second kappa shape index (κ2) is 12.6. The van der Waals surface area contributed by atoms with Crippen LogP contribution in [0.3, 0.4) is 0 Å². The Morgan fingerprint density at radius 2 is 1.33 bits per heavy atom. The van der Waals surface area contributed by atoms with Crippen LogP contribution in [0, 0.1) is 18.8 Å².